The van der Waals surface area contributed by atoms with Crippen LogP contribution in [0.1, 0.15) is 6.42 Å². The fourth-order valence-corrected chi connectivity index (χ4v) is 2.76. The number of sulfonamides is 1. The highest BCUT2D eigenvalue weighted by atomic mass is 35.5. The van der Waals surface area contributed by atoms with Crippen LogP contribution in [0.15, 0.2) is 0 Å². The van der Waals surface area contributed by atoms with Gasteiger partial charge in [-0.2, -0.15) is 17.5 Å². The predicted molar refractivity (Wildman–Crippen MR) is 53.8 cm³/mol. The van der Waals surface area contributed by atoms with Crippen LogP contribution in [-0.2, 0) is 10.0 Å². The van der Waals surface area contributed by atoms with E-state index in [1.807, 2.05) is 0 Å². The Hall–Kier alpha value is -0.0500. The van der Waals surface area contributed by atoms with Gasteiger partial charge >= 0.3 is 6.18 Å². The van der Waals surface area contributed by atoms with Crippen LogP contribution in [0.3, 0.4) is 0 Å². The number of halogens is 4. The zero-order chi connectivity index (χ0) is 12.8. The van der Waals surface area contributed by atoms with Gasteiger partial charge in [-0.1, -0.05) is 0 Å². The summed E-state index contributed by atoms with van der Waals surface area (Å²) in [5.41, 5.74) is 0. The molecule has 0 rings (SSSR count). The molecule has 98 valence electrons. The molecule has 0 spiro atoms. The zero-order valence-corrected chi connectivity index (χ0v) is 9.95. The Balaban J connectivity index is 4.63. The minimum absolute atomic E-state index is 0.0538. The smallest absolute Gasteiger partial charge is 0.395 e. The molecule has 0 aliphatic rings. The van der Waals surface area contributed by atoms with Gasteiger partial charge in [0.05, 0.1) is 12.4 Å². The number of alkyl halides is 4. The van der Waals surface area contributed by atoms with Gasteiger partial charge in [-0.25, -0.2) is 8.42 Å². The van der Waals surface area contributed by atoms with Crippen LogP contribution in [0.4, 0.5) is 13.2 Å². The number of aliphatic hydroxyl groups excluding tert-OH is 1. The SMILES string of the molecule is O=S(=O)(CCCCl)N(CCO)CC(F)(F)F. The number of nitrogens with zero attached hydrogens (tertiary/aromatic N) is 1. The van der Waals surface area contributed by atoms with E-state index in [2.05, 4.69) is 0 Å². The van der Waals surface area contributed by atoms with E-state index in [0.717, 1.165) is 0 Å². The quantitative estimate of drug-likeness (QED) is 0.703. The molecule has 9 heteroatoms. The highest BCUT2D eigenvalue weighted by molar-refractivity contribution is 7.89. The lowest BCUT2D eigenvalue weighted by Crippen LogP contribution is -2.41. The Kier molecular flexibility index (Phi) is 6.61. The average Bonchev–Trinajstić information content (AvgIpc) is 2.12. The van der Waals surface area contributed by atoms with Crippen molar-refractivity contribution in [3.8, 4) is 0 Å². The third-order valence-corrected chi connectivity index (χ3v) is 3.80. The van der Waals surface area contributed by atoms with Crippen molar-refractivity contribution in [2.45, 2.75) is 12.6 Å². The van der Waals surface area contributed by atoms with E-state index in [0.29, 0.717) is 0 Å². The molecule has 4 nitrogen and oxygen atoms in total. The van der Waals surface area contributed by atoms with Crippen LogP contribution < -0.4 is 0 Å². The van der Waals surface area contributed by atoms with Crippen LogP contribution in [-0.4, -0.2) is 55.3 Å². The standard InChI is InChI=1S/C7H13ClF3NO3S/c8-2-1-5-16(14,15)12(3-4-13)6-7(9,10)11/h13H,1-6H2. The predicted octanol–water partition coefficient (Wildman–Crippen LogP) is 0.802. The summed E-state index contributed by atoms with van der Waals surface area (Å²) in [6, 6.07) is 0. The van der Waals surface area contributed by atoms with Crippen LogP contribution in [0, 0.1) is 0 Å². The maximum atomic E-state index is 12.1. The van der Waals surface area contributed by atoms with Gasteiger partial charge in [-0.15, -0.1) is 11.6 Å². The lowest BCUT2D eigenvalue weighted by atomic mass is 10.6. The van der Waals surface area contributed by atoms with Crippen molar-refractivity contribution in [1.82, 2.24) is 4.31 Å². The first-order chi connectivity index (χ1) is 7.23. The summed E-state index contributed by atoms with van der Waals surface area (Å²) in [4.78, 5) is 0. The van der Waals surface area contributed by atoms with Crippen LogP contribution in [0.5, 0.6) is 0 Å². The Labute approximate surface area is 97.0 Å². The third-order valence-electron chi connectivity index (χ3n) is 1.63. The second-order valence-electron chi connectivity index (χ2n) is 3.03. The molecule has 0 aliphatic carbocycles. The van der Waals surface area contributed by atoms with Crippen molar-refractivity contribution in [2.24, 2.45) is 0 Å². The highest BCUT2D eigenvalue weighted by Crippen LogP contribution is 2.18. The van der Waals surface area contributed by atoms with Crippen molar-refractivity contribution in [3.05, 3.63) is 0 Å². The monoisotopic (exact) mass is 283 g/mol. The van der Waals surface area contributed by atoms with Gasteiger partial charge in [-0.3, -0.25) is 0 Å². The van der Waals surface area contributed by atoms with E-state index >= 15 is 0 Å². The third kappa shape index (κ3) is 6.51. The summed E-state index contributed by atoms with van der Waals surface area (Å²) >= 11 is 5.27. The zero-order valence-electron chi connectivity index (χ0n) is 8.37. The van der Waals surface area contributed by atoms with Crippen molar-refractivity contribution in [1.29, 1.82) is 0 Å². The first-order valence-corrected chi connectivity index (χ1v) is 6.58. The molecular formula is C7H13ClF3NO3S. The molecule has 0 radical (unpaired) electrons. The molecule has 0 aliphatic heterocycles. The Morgan fingerprint density at radius 1 is 1.31 bits per heavy atom. The van der Waals surface area contributed by atoms with Crippen molar-refractivity contribution in [3.63, 3.8) is 0 Å². The van der Waals surface area contributed by atoms with Gasteiger partial charge in [0, 0.05) is 12.4 Å². The normalized spacial score (nSPS) is 13.4. The maximum absolute atomic E-state index is 12.1. The highest BCUT2D eigenvalue weighted by Gasteiger charge is 2.35. The second-order valence-corrected chi connectivity index (χ2v) is 5.50. The lowest BCUT2D eigenvalue weighted by molar-refractivity contribution is -0.136. The molecule has 0 fully saturated rings. The molecule has 0 aromatic carbocycles. The molecular weight excluding hydrogens is 271 g/mol. The lowest BCUT2D eigenvalue weighted by Gasteiger charge is -2.22. The fourth-order valence-electron chi connectivity index (χ4n) is 0.994. The van der Waals surface area contributed by atoms with Crippen LogP contribution >= 0.6 is 11.6 Å². The molecule has 0 saturated heterocycles. The summed E-state index contributed by atoms with van der Waals surface area (Å²) < 4.78 is 59.3. The van der Waals surface area contributed by atoms with Crippen LogP contribution in [0.2, 0.25) is 0 Å². The molecule has 0 unspecified atom stereocenters. The number of aliphatic hydroxyl groups is 1. The van der Waals surface area contributed by atoms with E-state index in [1.54, 1.807) is 0 Å². The minimum atomic E-state index is -4.62. The van der Waals surface area contributed by atoms with Crippen LogP contribution in [0.25, 0.3) is 0 Å². The molecule has 0 heterocycles. The summed E-state index contributed by atoms with van der Waals surface area (Å²) in [6.45, 7) is -2.81. The van der Waals surface area contributed by atoms with Gasteiger partial charge in [0.1, 0.15) is 6.54 Å². The molecule has 0 atom stereocenters. The number of rotatable bonds is 7. The van der Waals surface area contributed by atoms with Gasteiger partial charge in [0.25, 0.3) is 0 Å². The molecule has 0 saturated carbocycles. The first kappa shape index (κ1) is 16.0. The van der Waals surface area contributed by atoms with Crippen molar-refractivity contribution >= 4 is 21.6 Å². The van der Waals surface area contributed by atoms with Gasteiger partial charge in [0.15, 0.2) is 0 Å². The Bertz CT molecular complexity index is 294. The number of hydrogen-bond acceptors (Lipinski definition) is 3. The van der Waals surface area contributed by atoms with Gasteiger partial charge in [0.2, 0.25) is 10.0 Å². The Morgan fingerprint density at radius 2 is 1.88 bits per heavy atom. The second kappa shape index (κ2) is 6.63. The van der Waals surface area contributed by atoms with E-state index in [-0.39, 0.29) is 16.6 Å². The molecule has 0 aromatic rings. The Morgan fingerprint density at radius 3 is 2.25 bits per heavy atom. The fraction of sp³-hybridized carbons (Fsp3) is 1.00. The van der Waals surface area contributed by atoms with E-state index in [9.17, 15) is 21.6 Å². The molecule has 0 bridgehead atoms. The van der Waals surface area contributed by atoms with Crippen molar-refractivity contribution < 1.29 is 26.7 Å². The summed E-state index contributed by atoms with van der Waals surface area (Å²) in [5, 5.41) is 8.52. The first-order valence-electron chi connectivity index (χ1n) is 4.44. The van der Waals surface area contributed by atoms with E-state index in [1.165, 1.54) is 0 Å². The summed E-state index contributed by atoms with van der Waals surface area (Å²) in [5.74, 6) is -0.398. The average molecular weight is 284 g/mol. The summed E-state index contributed by atoms with van der Waals surface area (Å²) in [7, 11) is -4.01. The topological polar surface area (TPSA) is 57.6 Å². The molecule has 0 aromatic heterocycles. The van der Waals surface area contributed by atoms with E-state index in [4.69, 9.17) is 16.7 Å². The van der Waals surface area contributed by atoms with Gasteiger partial charge < -0.3 is 5.11 Å². The summed E-state index contributed by atoms with van der Waals surface area (Å²) in [6.07, 6.45) is -4.55. The largest absolute Gasteiger partial charge is 0.402 e. The maximum Gasteiger partial charge on any atom is 0.402 e. The molecule has 16 heavy (non-hydrogen) atoms. The molecule has 1 N–H and O–H groups in total. The molecule has 0 amide bonds. The number of hydrogen-bond donors (Lipinski definition) is 1. The minimum Gasteiger partial charge on any atom is -0.395 e. The van der Waals surface area contributed by atoms with Crippen molar-refractivity contribution in [2.75, 3.05) is 31.3 Å². The van der Waals surface area contributed by atoms with E-state index < -0.39 is 41.6 Å². The van der Waals surface area contributed by atoms with Gasteiger partial charge in [-0.05, 0) is 6.42 Å².